The van der Waals surface area contributed by atoms with Gasteiger partial charge < -0.3 is 5.73 Å². The molecule has 4 nitrogen and oxygen atoms in total. The van der Waals surface area contributed by atoms with E-state index in [1.54, 1.807) is 6.33 Å². The van der Waals surface area contributed by atoms with Crippen LogP contribution in [0.5, 0.6) is 0 Å². The van der Waals surface area contributed by atoms with Crippen molar-refractivity contribution in [3.8, 4) is 0 Å². The van der Waals surface area contributed by atoms with E-state index in [1.165, 1.54) is 11.1 Å². The SMILES string of the molecule is CCn1ncnc1CC(CN)Cc1ccccc1C. The topological polar surface area (TPSA) is 56.7 Å². The number of benzene rings is 1. The second kappa shape index (κ2) is 6.48. The zero-order valence-electron chi connectivity index (χ0n) is 11.7. The van der Waals surface area contributed by atoms with Gasteiger partial charge in [-0.15, -0.1) is 0 Å². The van der Waals surface area contributed by atoms with Crippen LogP contribution in [0.15, 0.2) is 30.6 Å². The third kappa shape index (κ3) is 3.41. The number of nitrogens with zero attached hydrogens (tertiary/aromatic N) is 3. The molecule has 0 aliphatic carbocycles. The Balaban J connectivity index is 2.07. The minimum Gasteiger partial charge on any atom is -0.330 e. The standard InChI is InChI=1S/C15H22N4/c1-3-19-15(17-11-18-19)9-13(10-16)8-14-7-5-4-6-12(14)2/h4-7,11,13H,3,8-10,16H2,1-2H3. The highest BCUT2D eigenvalue weighted by molar-refractivity contribution is 5.26. The molecule has 1 aromatic heterocycles. The molecule has 2 rings (SSSR count). The van der Waals surface area contributed by atoms with Crippen molar-refractivity contribution in [2.45, 2.75) is 33.2 Å². The first-order valence-corrected chi connectivity index (χ1v) is 6.85. The predicted octanol–water partition coefficient (Wildman–Crippen LogP) is 1.97. The maximum absolute atomic E-state index is 5.92. The van der Waals surface area contributed by atoms with Gasteiger partial charge in [0.05, 0.1) is 0 Å². The maximum Gasteiger partial charge on any atom is 0.138 e. The Labute approximate surface area is 114 Å². The van der Waals surface area contributed by atoms with Gasteiger partial charge in [-0.05, 0) is 43.9 Å². The van der Waals surface area contributed by atoms with E-state index < -0.39 is 0 Å². The van der Waals surface area contributed by atoms with Gasteiger partial charge in [0.1, 0.15) is 12.2 Å². The molecule has 1 atom stereocenters. The highest BCUT2D eigenvalue weighted by atomic mass is 15.3. The molecule has 102 valence electrons. The molecule has 0 saturated heterocycles. The van der Waals surface area contributed by atoms with Crippen LogP contribution in [-0.2, 0) is 19.4 Å². The quantitative estimate of drug-likeness (QED) is 0.861. The van der Waals surface area contributed by atoms with E-state index in [1.807, 2.05) is 4.68 Å². The van der Waals surface area contributed by atoms with Gasteiger partial charge in [-0.3, -0.25) is 4.68 Å². The average molecular weight is 258 g/mol. The van der Waals surface area contributed by atoms with Crippen LogP contribution in [0.4, 0.5) is 0 Å². The fourth-order valence-electron chi connectivity index (χ4n) is 2.36. The first-order valence-electron chi connectivity index (χ1n) is 6.85. The summed E-state index contributed by atoms with van der Waals surface area (Å²) in [6.45, 7) is 5.76. The van der Waals surface area contributed by atoms with Gasteiger partial charge in [0.15, 0.2) is 0 Å². The summed E-state index contributed by atoms with van der Waals surface area (Å²) in [5.41, 5.74) is 8.63. The van der Waals surface area contributed by atoms with Gasteiger partial charge in [0.25, 0.3) is 0 Å². The lowest BCUT2D eigenvalue weighted by Gasteiger charge is -2.16. The van der Waals surface area contributed by atoms with Gasteiger partial charge in [-0.25, -0.2) is 4.98 Å². The molecule has 0 saturated carbocycles. The van der Waals surface area contributed by atoms with Gasteiger partial charge in [0.2, 0.25) is 0 Å². The molecule has 0 amide bonds. The molecule has 4 heteroatoms. The summed E-state index contributed by atoms with van der Waals surface area (Å²) < 4.78 is 1.94. The summed E-state index contributed by atoms with van der Waals surface area (Å²) in [5, 5.41) is 4.21. The molecule has 0 aliphatic heterocycles. The fraction of sp³-hybridized carbons (Fsp3) is 0.467. The second-order valence-electron chi connectivity index (χ2n) is 4.93. The Morgan fingerprint density at radius 1 is 1.26 bits per heavy atom. The van der Waals surface area contributed by atoms with Crippen LogP contribution < -0.4 is 5.73 Å². The Bertz CT molecular complexity index is 518. The number of aryl methyl sites for hydroxylation is 2. The van der Waals surface area contributed by atoms with Crippen molar-refractivity contribution in [2.24, 2.45) is 11.7 Å². The zero-order chi connectivity index (χ0) is 13.7. The van der Waals surface area contributed by atoms with Crippen molar-refractivity contribution in [3.05, 3.63) is 47.5 Å². The van der Waals surface area contributed by atoms with Crippen molar-refractivity contribution in [2.75, 3.05) is 6.54 Å². The summed E-state index contributed by atoms with van der Waals surface area (Å²) in [6.07, 6.45) is 3.51. The van der Waals surface area contributed by atoms with Crippen molar-refractivity contribution < 1.29 is 0 Å². The largest absolute Gasteiger partial charge is 0.330 e. The Kier molecular flexibility index (Phi) is 4.68. The molecule has 0 radical (unpaired) electrons. The highest BCUT2D eigenvalue weighted by Crippen LogP contribution is 2.15. The molecular weight excluding hydrogens is 236 g/mol. The number of hydrogen-bond acceptors (Lipinski definition) is 3. The molecular formula is C15H22N4. The lowest BCUT2D eigenvalue weighted by atomic mass is 9.93. The number of rotatable bonds is 6. The van der Waals surface area contributed by atoms with Crippen molar-refractivity contribution in [3.63, 3.8) is 0 Å². The molecule has 0 fully saturated rings. The summed E-state index contributed by atoms with van der Waals surface area (Å²) >= 11 is 0. The number of hydrogen-bond donors (Lipinski definition) is 1. The maximum atomic E-state index is 5.92. The molecule has 0 spiro atoms. The molecule has 0 aliphatic rings. The first-order chi connectivity index (χ1) is 9.24. The zero-order valence-corrected chi connectivity index (χ0v) is 11.7. The van der Waals surface area contributed by atoms with Crippen LogP contribution in [-0.4, -0.2) is 21.3 Å². The Morgan fingerprint density at radius 3 is 2.74 bits per heavy atom. The third-order valence-electron chi connectivity index (χ3n) is 3.57. The molecule has 1 unspecified atom stereocenters. The van der Waals surface area contributed by atoms with Crippen LogP contribution in [0.3, 0.4) is 0 Å². The molecule has 2 aromatic rings. The molecule has 2 N–H and O–H groups in total. The fourth-order valence-corrected chi connectivity index (χ4v) is 2.36. The van der Waals surface area contributed by atoms with E-state index >= 15 is 0 Å². The molecule has 19 heavy (non-hydrogen) atoms. The number of aromatic nitrogens is 3. The van der Waals surface area contributed by atoms with Gasteiger partial charge >= 0.3 is 0 Å². The van der Waals surface area contributed by atoms with E-state index in [4.69, 9.17) is 5.73 Å². The summed E-state index contributed by atoms with van der Waals surface area (Å²) in [5.74, 6) is 1.45. The monoisotopic (exact) mass is 258 g/mol. The minimum absolute atomic E-state index is 0.413. The third-order valence-corrected chi connectivity index (χ3v) is 3.57. The number of nitrogens with two attached hydrogens (primary N) is 1. The van der Waals surface area contributed by atoms with Crippen LogP contribution in [0.25, 0.3) is 0 Å². The van der Waals surface area contributed by atoms with Crippen molar-refractivity contribution in [1.82, 2.24) is 14.8 Å². The predicted molar refractivity (Wildman–Crippen MR) is 76.8 cm³/mol. The van der Waals surface area contributed by atoms with Crippen LogP contribution in [0.2, 0.25) is 0 Å². The molecule has 1 aromatic carbocycles. The summed E-state index contributed by atoms with van der Waals surface area (Å²) in [7, 11) is 0. The summed E-state index contributed by atoms with van der Waals surface area (Å²) in [6, 6.07) is 8.49. The smallest absolute Gasteiger partial charge is 0.138 e. The second-order valence-corrected chi connectivity index (χ2v) is 4.93. The highest BCUT2D eigenvalue weighted by Gasteiger charge is 2.13. The molecule has 0 bridgehead atoms. The van der Waals surface area contributed by atoms with Gasteiger partial charge in [-0.1, -0.05) is 24.3 Å². The van der Waals surface area contributed by atoms with E-state index in [-0.39, 0.29) is 0 Å². The van der Waals surface area contributed by atoms with E-state index in [2.05, 4.69) is 48.2 Å². The first kappa shape index (κ1) is 13.7. The Morgan fingerprint density at radius 2 is 2.05 bits per heavy atom. The lowest BCUT2D eigenvalue weighted by molar-refractivity contribution is 0.491. The minimum atomic E-state index is 0.413. The Hall–Kier alpha value is -1.68. The van der Waals surface area contributed by atoms with Crippen LogP contribution in [0.1, 0.15) is 23.9 Å². The normalized spacial score (nSPS) is 12.6. The van der Waals surface area contributed by atoms with E-state index in [0.29, 0.717) is 12.5 Å². The van der Waals surface area contributed by atoms with Crippen molar-refractivity contribution in [1.29, 1.82) is 0 Å². The van der Waals surface area contributed by atoms with Gasteiger partial charge in [0, 0.05) is 13.0 Å². The van der Waals surface area contributed by atoms with Crippen molar-refractivity contribution >= 4 is 0 Å². The van der Waals surface area contributed by atoms with E-state index in [9.17, 15) is 0 Å². The van der Waals surface area contributed by atoms with Crippen LogP contribution >= 0.6 is 0 Å². The lowest BCUT2D eigenvalue weighted by Crippen LogP contribution is -2.21. The van der Waals surface area contributed by atoms with Crippen LogP contribution in [0, 0.1) is 12.8 Å². The average Bonchev–Trinajstić information content (AvgIpc) is 2.87. The molecule has 1 heterocycles. The summed E-state index contributed by atoms with van der Waals surface area (Å²) in [4.78, 5) is 4.34. The van der Waals surface area contributed by atoms with E-state index in [0.717, 1.165) is 25.2 Å². The van der Waals surface area contributed by atoms with Gasteiger partial charge in [-0.2, -0.15) is 5.10 Å².